The summed E-state index contributed by atoms with van der Waals surface area (Å²) in [6.45, 7) is 1.25. The number of nitrogens with two attached hydrogens (primary N) is 2. The molecular formula is C13H22N6O4. The Labute approximate surface area is 133 Å². The van der Waals surface area contributed by atoms with Gasteiger partial charge in [-0.3, -0.25) is 10.0 Å². The van der Waals surface area contributed by atoms with E-state index in [0.717, 1.165) is 15.6 Å². The van der Waals surface area contributed by atoms with Gasteiger partial charge in [0.05, 0.1) is 26.3 Å². The lowest BCUT2D eigenvalue weighted by Crippen LogP contribution is -2.42. The Morgan fingerprint density at radius 2 is 1.57 bits per heavy atom. The molecule has 23 heavy (non-hydrogen) atoms. The monoisotopic (exact) mass is 326 g/mol. The van der Waals surface area contributed by atoms with Gasteiger partial charge in [0.2, 0.25) is 0 Å². The molecule has 128 valence electrons. The van der Waals surface area contributed by atoms with E-state index in [4.69, 9.17) is 21.9 Å². The molecule has 0 aliphatic carbocycles. The first-order valence-corrected chi connectivity index (χ1v) is 6.87. The molecule has 8 N–H and O–H groups in total. The number of anilines is 2. The molecule has 10 nitrogen and oxygen atoms in total. The second-order valence-electron chi connectivity index (χ2n) is 4.72. The molecule has 0 aromatic heterocycles. The molecule has 1 rings (SSSR count). The fraction of sp³-hybridized carbons (Fsp3) is 0.385. The summed E-state index contributed by atoms with van der Waals surface area (Å²) in [5, 5.41) is 24.3. The first kappa shape index (κ1) is 18.6. The van der Waals surface area contributed by atoms with Crippen molar-refractivity contribution in [2.24, 2.45) is 11.7 Å². The first-order valence-electron chi connectivity index (χ1n) is 6.87. The summed E-state index contributed by atoms with van der Waals surface area (Å²) in [5.74, 6) is 10.9. The van der Waals surface area contributed by atoms with Gasteiger partial charge in [-0.2, -0.15) is 0 Å². The lowest BCUT2D eigenvalue weighted by molar-refractivity contribution is 0.190. The zero-order chi connectivity index (χ0) is 17.4. The van der Waals surface area contributed by atoms with E-state index in [1.807, 2.05) is 0 Å². The molecule has 0 atom stereocenters. The summed E-state index contributed by atoms with van der Waals surface area (Å²) in [5.41, 5.74) is 1.62. The molecule has 1 aromatic carbocycles. The van der Waals surface area contributed by atoms with Crippen LogP contribution in [0.5, 0.6) is 0 Å². The van der Waals surface area contributed by atoms with Gasteiger partial charge in [0.15, 0.2) is 0 Å². The maximum atomic E-state index is 11.8. The van der Waals surface area contributed by atoms with Crippen molar-refractivity contribution in [3.63, 3.8) is 0 Å². The fourth-order valence-corrected chi connectivity index (χ4v) is 1.64. The van der Waals surface area contributed by atoms with Gasteiger partial charge >= 0.3 is 12.1 Å². The van der Waals surface area contributed by atoms with Crippen LogP contribution in [0.25, 0.3) is 0 Å². The Morgan fingerprint density at radius 3 is 2.09 bits per heavy atom. The second kappa shape index (κ2) is 8.90. The Kier molecular flexibility index (Phi) is 7.22. The number of aliphatic hydroxyl groups is 2. The van der Waals surface area contributed by atoms with Gasteiger partial charge in [-0.05, 0) is 24.6 Å². The molecule has 0 fully saturated rings. The summed E-state index contributed by atoms with van der Waals surface area (Å²) in [6, 6.07) is 3.70. The van der Waals surface area contributed by atoms with E-state index < -0.39 is 12.1 Å². The van der Waals surface area contributed by atoms with Crippen LogP contribution >= 0.6 is 0 Å². The van der Waals surface area contributed by atoms with Crippen LogP contribution in [0.4, 0.5) is 21.0 Å². The SMILES string of the molecule is Cc1ccc(NC(=O)N(N)CCO)cc1NC(=O)N(N)CCO. The predicted octanol–water partition coefficient (Wildman–Crippen LogP) is -0.605. The van der Waals surface area contributed by atoms with Crippen LogP contribution in [0.1, 0.15) is 5.56 Å². The molecule has 10 heteroatoms. The van der Waals surface area contributed by atoms with Crippen LogP contribution in [0, 0.1) is 6.92 Å². The van der Waals surface area contributed by atoms with E-state index in [2.05, 4.69) is 10.6 Å². The summed E-state index contributed by atoms with van der Waals surface area (Å²) < 4.78 is 0. The highest BCUT2D eigenvalue weighted by molar-refractivity contribution is 5.93. The Balaban J connectivity index is 2.79. The van der Waals surface area contributed by atoms with Gasteiger partial charge < -0.3 is 20.8 Å². The Morgan fingerprint density at radius 1 is 1.04 bits per heavy atom. The van der Waals surface area contributed by atoms with Gasteiger partial charge in [0.25, 0.3) is 0 Å². The van der Waals surface area contributed by atoms with E-state index in [9.17, 15) is 9.59 Å². The van der Waals surface area contributed by atoms with Gasteiger partial charge in [-0.25, -0.2) is 21.3 Å². The van der Waals surface area contributed by atoms with E-state index in [1.54, 1.807) is 25.1 Å². The summed E-state index contributed by atoms with van der Waals surface area (Å²) in [4.78, 5) is 23.6. The van der Waals surface area contributed by atoms with E-state index in [-0.39, 0.29) is 26.3 Å². The lowest BCUT2D eigenvalue weighted by atomic mass is 10.2. The van der Waals surface area contributed by atoms with E-state index in [1.165, 1.54) is 0 Å². The van der Waals surface area contributed by atoms with E-state index >= 15 is 0 Å². The average Bonchev–Trinajstić information content (AvgIpc) is 2.50. The molecule has 0 spiro atoms. The van der Waals surface area contributed by atoms with Crippen molar-refractivity contribution in [1.29, 1.82) is 0 Å². The van der Waals surface area contributed by atoms with Gasteiger partial charge in [-0.15, -0.1) is 0 Å². The van der Waals surface area contributed by atoms with Crippen molar-refractivity contribution in [2.45, 2.75) is 6.92 Å². The molecule has 0 aliphatic heterocycles. The predicted molar refractivity (Wildman–Crippen MR) is 85.2 cm³/mol. The van der Waals surface area contributed by atoms with Crippen LogP contribution < -0.4 is 22.3 Å². The Bertz CT molecular complexity index is 553. The zero-order valence-electron chi connectivity index (χ0n) is 12.8. The molecule has 0 radical (unpaired) electrons. The van der Waals surface area contributed by atoms with Crippen molar-refractivity contribution in [3.8, 4) is 0 Å². The molecular weight excluding hydrogens is 304 g/mol. The highest BCUT2D eigenvalue weighted by atomic mass is 16.3. The number of carbonyl (C=O) groups excluding carboxylic acids is 2. The zero-order valence-corrected chi connectivity index (χ0v) is 12.8. The maximum Gasteiger partial charge on any atom is 0.336 e. The highest BCUT2D eigenvalue weighted by Gasteiger charge is 2.13. The number of aryl methyl sites for hydroxylation is 1. The second-order valence-corrected chi connectivity index (χ2v) is 4.72. The third-order valence-electron chi connectivity index (χ3n) is 2.93. The summed E-state index contributed by atoms with van der Waals surface area (Å²) >= 11 is 0. The minimum atomic E-state index is -0.596. The minimum absolute atomic E-state index is 0.00932. The number of rotatable bonds is 6. The van der Waals surface area contributed by atoms with Crippen LogP contribution in [0.3, 0.4) is 0 Å². The van der Waals surface area contributed by atoms with Crippen molar-refractivity contribution >= 4 is 23.4 Å². The smallest absolute Gasteiger partial charge is 0.336 e. The molecule has 0 saturated carbocycles. The van der Waals surface area contributed by atoms with Gasteiger partial charge in [0.1, 0.15) is 0 Å². The molecule has 0 aliphatic rings. The van der Waals surface area contributed by atoms with Crippen LogP contribution in [0.2, 0.25) is 0 Å². The average molecular weight is 326 g/mol. The lowest BCUT2D eigenvalue weighted by Gasteiger charge is -2.19. The summed E-state index contributed by atoms with van der Waals surface area (Å²) in [7, 11) is 0. The quantitative estimate of drug-likeness (QED) is 0.233. The highest BCUT2D eigenvalue weighted by Crippen LogP contribution is 2.20. The van der Waals surface area contributed by atoms with Crippen molar-refractivity contribution in [1.82, 2.24) is 10.0 Å². The largest absolute Gasteiger partial charge is 0.394 e. The maximum absolute atomic E-state index is 11.8. The van der Waals surface area contributed by atoms with E-state index in [0.29, 0.717) is 11.4 Å². The molecule has 1 aromatic rings. The molecule has 0 unspecified atom stereocenters. The summed E-state index contributed by atoms with van der Waals surface area (Å²) in [6.07, 6.45) is 0. The van der Waals surface area contributed by atoms with Crippen LogP contribution in [-0.4, -0.2) is 58.6 Å². The number of nitrogens with one attached hydrogen (secondary N) is 2. The number of amides is 4. The topological polar surface area (TPSA) is 157 Å². The normalized spacial score (nSPS) is 10.1. The van der Waals surface area contributed by atoms with Crippen LogP contribution in [-0.2, 0) is 0 Å². The molecule has 4 amide bonds. The van der Waals surface area contributed by atoms with Gasteiger partial charge in [0, 0.05) is 11.4 Å². The number of urea groups is 2. The standard InChI is InChI=1S/C13H22N6O4/c1-9-2-3-10(16-12(22)18(14)4-6-20)8-11(9)17-13(23)19(15)5-7-21/h2-3,8,20-21H,4-7,14-15H2,1H3,(H,16,22)(H,17,23). The molecule has 0 heterocycles. The number of hydrazine groups is 2. The third-order valence-corrected chi connectivity index (χ3v) is 2.93. The number of nitrogens with zero attached hydrogens (tertiary/aromatic N) is 2. The van der Waals surface area contributed by atoms with Gasteiger partial charge in [-0.1, -0.05) is 6.07 Å². The number of aliphatic hydroxyl groups excluding tert-OH is 2. The number of hydrogen-bond acceptors (Lipinski definition) is 6. The number of carbonyl (C=O) groups is 2. The van der Waals surface area contributed by atoms with Crippen LogP contribution in [0.15, 0.2) is 18.2 Å². The third kappa shape index (κ3) is 5.71. The molecule has 0 bridgehead atoms. The van der Waals surface area contributed by atoms with Crippen molar-refractivity contribution in [2.75, 3.05) is 36.9 Å². The first-order chi connectivity index (χ1) is 10.9. The molecule has 0 saturated heterocycles. The minimum Gasteiger partial charge on any atom is -0.394 e. The van der Waals surface area contributed by atoms with Crippen molar-refractivity contribution in [3.05, 3.63) is 23.8 Å². The Hall–Kier alpha value is -2.40. The fourth-order valence-electron chi connectivity index (χ4n) is 1.64. The number of hydrogen-bond donors (Lipinski definition) is 6. The van der Waals surface area contributed by atoms with Crippen molar-refractivity contribution < 1.29 is 19.8 Å². The number of benzene rings is 1.